The third-order valence-corrected chi connectivity index (χ3v) is 5.09. The molecule has 0 bridgehead atoms. The number of carboxylic acids is 1. The number of morpholine rings is 1. The van der Waals surface area contributed by atoms with Crippen LogP contribution in [0.3, 0.4) is 0 Å². The summed E-state index contributed by atoms with van der Waals surface area (Å²) < 4.78 is 7.41. The first kappa shape index (κ1) is 18.9. The molecular weight excluding hydrogens is 370 g/mol. The van der Waals surface area contributed by atoms with Gasteiger partial charge in [0.15, 0.2) is 5.69 Å². The number of hydrogen-bond donors (Lipinski definition) is 1. The Morgan fingerprint density at radius 3 is 2.38 bits per heavy atom. The van der Waals surface area contributed by atoms with E-state index in [9.17, 15) is 14.7 Å². The van der Waals surface area contributed by atoms with Crippen molar-refractivity contribution in [3.05, 3.63) is 83.7 Å². The maximum Gasteiger partial charge on any atom is 0.356 e. The molecule has 2 aromatic carbocycles. The van der Waals surface area contributed by atoms with Crippen LogP contribution < -0.4 is 0 Å². The zero-order valence-corrected chi connectivity index (χ0v) is 16.0. The summed E-state index contributed by atoms with van der Waals surface area (Å²) in [5.41, 5.74) is 1.02. The molecule has 148 valence electrons. The van der Waals surface area contributed by atoms with E-state index in [1.165, 1.54) is 10.7 Å². The maximum absolute atomic E-state index is 13.4. The summed E-state index contributed by atoms with van der Waals surface area (Å²) in [5, 5.41) is 13.5. The van der Waals surface area contributed by atoms with Gasteiger partial charge in [-0.25, -0.2) is 9.48 Å². The first-order chi connectivity index (χ1) is 14.0. The van der Waals surface area contributed by atoms with Crippen LogP contribution in [-0.4, -0.2) is 51.4 Å². The van der Waals surface area contributed by atoms with Crippen molar-refractivity contribution >= 4 is 11.9 Å². The highest BCUT2D eigenvalue weighted by Gasteiger charge is 2.37. The standard InChI is InChI=1S/C22H21N3O4/c1-22(16-8-4-2-5-9-16)15-24(12-13-29-22)20(26)19-14-18(21(27)28)23-25(19)17-10-6-3-7-11-17/h2-11,14H,12-13,15H2,1H3,(H,27,28)/t22-/m0/s1. The smallest absolute Gasteiger partial charge is 0.356 e. The summed E-state index contributed by atoms with van der Waals surface area (Å²) in [6, 6.07) is 20.1. The van der Waals surface area contributed by atoms with E-state index in [0.717, 1.165) is 5.56 Å². The van der Waals surface area contributed by atoms with Crippen LogP contribution in [0.4, 0.5) is 0 Å². The lowest BCUT2D eigenvalue weighted by Crippen LogP contribution is -2.50. The second-order valence-corrected chi connectivity index (χ2v) is 7.14. The topological polar surface area (TPSA) is 84.7 Å². The molecule has 29 heavy (non-hydrogen) atoms. The summed E-state index contributed by atoms with van der Waals surface area (Å²) >= 11 is 0. The summed E-state index contributed by atoms with van der Waals surface area (Å²) in [6.07, 6.45) is 0. The minimum Gasteiger partial charge on any atom is -0.476 e. The number of ether oxygens (including phenoxy) is 1. The van der Waals surface area contributed by atoms with Crippen molar-refractivity contribution in [1.29, 1.82) is 0 Å². The Morgan fingerprint density at radius 1 is 1.07 bits per heavy atom. The fourth-order valence-corrected chi connectivity index (χ4v) is 3.57. The van der Waals surface area contributed by atoms with Crippen molar-refractivity contribution in [1.82, 2.24) is 14.7 Å². The molecule has 1 amide bonds. The average Bonchev–Trinajstić information content (AvgIpc) is 3.20. The van der Waals surface area contributed by atoms with Gasteiger partial charge in [0.25, 0.3) is 5.91 Å². The number of carbonyl (C=O) groups excluding carboxylic acids is 1. The SMILES string of the molecule is C[C@@]1(c2ccccc2)CN(C(=O)c2cc(C(=O)O)nn2-c2ccccc2)CCO1. The first-order valence-corrected chi connectivity index (χ1v) is 9.35. The third-order valence-electron chi connectivity index (χ3n) is 5.09. The van der Waals surface area contributed by atoms with E-state index in [-0.39, 0.29) is 17.3 Å². The fourth-order valence-electron chi connectivity index (χ4n) is 3.57. The van der Waals surface area contributed by atoms with Crippen LogP contribution in [-0.2, 0) is 10.3 Å². The number of nitrogens with zero attached hydrogens (tertiary/aromatic N) is 3. The van der Waals surface area contributed by atoms with E-state index in [2.05, 4.69) is 5.10 Å². The lowest BCUT2D eigenvalue weighted by molar-refractivity contribution is -0.0932. The van der Waals surface area contributed by atoms with Crippen LogP contribution in [0.25, 0.3) is 5.69 Å². The van der Waals surface area contributed by atoms with E-state index in [1.807, 2.05) is 55.5 Å². The molecule has 0 unspecified atom stereocenters. The quantitative estimate of drug-likeness (QED) is 0.739. The number of rotatable bonds is 4. The largest absolute Gasteiger partial charge is 0.476 e. The number of aromatic nitrogens is 2. The minimum atomic E-state index is -1.18. The second-order valence-electron chi connectivity index (χ2n) is 7.14. The van der Waals surface area contributed by atoms with Gasteiger partial charge in [-0.1, -0.05) is 48.5 Å². The van der Waals surface area contributed by atoms with Crippen molar-refractivity contribution in [2.75, 3.05) is 19.7 Å². The summed E-state index contributed by atoms with van der Waals surface area (Å²) in [4.78, 5) is 26.5. The van der Waals surface area contributed by atoms with E-state index in [4.69, 9.17) is 4.74 Å². The molecule has 3 aromatic rings. The Kier molecular flexibility index (Phi) is 4.90. The highest BCUT2D eigenvalue weighted by Crippen LogP contribution is 2.30. The molecule has 1 atom stereocenters. The van der Waals surface area contributed by atoms with Gasteiger partial charge in [0.05, 0.1) is 18.8 Å². The van der Waals surface area contributed by atoms with Crippen molar-refractivity contribution in [2.24, 2.45) is 0 Å². The van der Waals surface area contributed by atoms with Crippen molar-refractivity contribution in [2.45, 2.75) is 12.5 Å². The van der Waals surface area contributed by atoms with Crippen LogP contribution in [0, 0.1) is 0 Å². The van der Waals surface area contributed by atoms with Crippen LogP contribution in [0.5, 0.6) is 0 Å². The Morgan fingerprint density at radius 2 is 1.72 bits per heavy atom. The molecule has 7 nitrogen and oxygen atoms in total. The van der Waals surface area contributed by atoms with Gasteiger partial charge in [0.1, 0.15) is 11.3 Å². The van der Waals surface area contributed by atoms with Crippen LogP contribution >= 0.6 is 0 Å². The van der Waals surface area contributed by atoms with Crippen LogP contribution in [0.1, 0.15) is 33.5 Å². The molecule has 1 fully saturated rings. The summed E-state index contributed by atoms with van der Waals surface area (Å²) in [6.45, 7) is 3.13. The monoisotopic (exact) mass is 391 g/mol. The summed E-state index contributed by atoms with van der Waals surface area (Å²) in [7, 11) is 0. The summed E-state index contributed by atoms with van der Waals surface area (Å²) in [5.74, 6) is -1.45. The molecule has 4 rings (SSSR count). The number of carboxylic acid groups (broad SMARTS) is 1. The lowest BCUT2D eigenvalue weighted by Gasteiger charge is -2.40. The van der Waals surface area contributed by atoms with Gasteiger partial charge in [-0.3, -0.25) is 4.79 Å². The lowest BCUT2D eigenvalue weighted by atomic mass is 9.93. The molecule has 0 saturated carbocycles. The zero-order valence-electron chi connectivity index (χ0n) is 16.0. The van der Waals surface area contributed by atoms with Crippen LogP contribution in [0.2, 0.25) is 0 Å². The Labute approximate surface area is 168 Å². The normalized spacial score (nSPS) is 19.1. The molecule has 1 aromatic heterocycles. The number of hydrogen-bond acceptors (Lipinski definition) is 4. The molecule has 7 heteroatoms. The molecular formula is C22H21N3O4. The number of amides is 1. The molecule has 0 aliphatic carbocycles. The fraction of sp³-hybridized carbons (Fsp3) is 0.227. The van der Waals surface area contributed by atoms with E-state index in [0.29, 0.717) is 25.4 Å². The zero-order chi connectivity index (χ0) is 20.4. The molecule has 1 aliphatic heterocycles. The highest BCUT2D eigenvalue weighted by molar-refractivity contribution is 5.96. The van der Waals surface area contributed by atoms with E-state index in [1.54, 1.807) is 17.0 Å². The molecule has 2 heterocycles. The van der Waals surface area contributed by atoms with Crippen LogP contribution in [0.15, 0.2) is 66.7 Å². The molecule has 1 aliphatic rings. The first-order valence-electron chi connectivity index (χ1n) is 9.35. The van der Waals surface area contributed by atoms with Crippen molar-refractivity contribution < 1.29 is 19.4 Å². The Hall–Kier alpha value is -3.45. The predicted molar refractivity (Wildman–Crippen MR) is 106 cm³/mol. The Bertz CT molecular complexity index is 1030. The number of aromatic carboxylic acids is 1. The molecule has 1 saturated heterocycles. The van der Waals surface area contributed by atoms with Crippen molar-refractivity contribution in [3.8, 4) is 5.69 Å². The van der Waals surface area contributed by atoms with Gasteiger partial charge in [-0.2, -0.15) is 5.10 Å². The van der Waals surface area contributed by atoms with E-state index < -0.39 is 11.6 Å². The molecule has 0 radical (unpaired) electrons. The second kappa shape index (κ2) is 7.52. The average molecular weight is 391 g/mol. The molecule has 0 spiro atoms. The predicted octanol–water partition coefficient (Wildman–Crippen LogP) is 2.96. The number of para-hydroxylation sites is 1. The maximum atomic E-state index is 13.4. The van der Waals surface area contributed by atoms with Gasteiger partial charge in [0.2, 0.25) is 0 Å². The molecule has 1 N–H and O–H groups in total. The van der Waals surface area contributed by atoms with Gasteiger partial charge in [-0.15, -0.1) is 0 Å². The van der Waals surface area contributed by atoms with E-state index >= 15 is 0 Å². The van der Waals surface area contributed by atoms with Gasteiger partial charge >= 0.3 is 5.97 Å². The number of carbonyl (C=O) groups is 2. The third kappa shape index (κ3) is 3.64. The number of benzene rings is 2. The Balaban J connectivity index is 1.68. The highest BCUT2D eigenvalue weighted by atomic mass is 16.5. The minimum absolute atomic E-state index is 0.170. The van der Waals surface area contributed by atoms with Gasteiger partial charge < -0.3 is 14.7 Å². The van der Waals surface area contributed by atoms with Crippen molar-refractivity contribution in [3.63, 3.8) is 0 Å². The van der Waals surface area contributed by atoms with Gasteiger partial charge in [0, 0.05) is 12.6 Å². The van der Waals surface area contributed by atoms with Gasteiger partial charge in [-0.05, 0) is 24.6 Å².